The molecule has 102 valence electrons. The summed E-state index contributed by atoms with van der Waals surface area (Å²) in [6, 6.07) is 0. The Labute approximate surface area is 107 Å². The van der Waals surface area contributed by atoms with E-state index in [0.717, 1.165) is 25.7 Å². The summed E-state index contributed by atoms with van der Waals surface area (Å²) in [5, 5.41) is 12.1. The Morgan fingerprint density at radius 3 is 2.56 bits per heavy atom. The molecule has 0 aromatic carbocycles. The summed E-state index contributed by atoms with van der Waals surface area (Å²) in [6.07, 6.45) is 4.58. The first-order chi connectivity index (χ1) is 8.59. The number of carbonyl (C=O) groups excluding carboxylic acids is 1. The highest BCUT2D eigenvalue weighted by molar-refractivity contribution is 5.89. The van der Waals surface area contributed by atoms with Crippen molar-refractivity contribution in [3.05, 3.63) is 0 Å². The Morgan fingerprint density at radius 1 is 1.33 bits per heavy atom. The fraction of sp³-hybridized carbons (Fsp3) is 0.846. The number of carboxylic acid groups (broad SMARTS) is 1. The van der Waals surface area contributed by atoms with Crippen LogP contribution < -0.4 is 5.32 Å². The fourth-order valence-electron chi connectivity index (χ4n) is 2.72. The van der Waals surface area contributed by atoms with Gasteiger partial charge in [0.1, 0.15) is 5.54 Å². The monoisotopic (exact) mass is 255 g/mol. The van der Waals surface area contributed by atoms with E-state index in [9.17, 15) is 14.7 Å². The second-order valence-corrected chi connectivity index (χ2v) is 5.27. The highest BCUT2D eigenvalue weighted by Gasteiger charge is 2.48. The minimum Gasteiger partial charge on any atom is -0.480 e. The number of carbonyl (C=O) groups is 2. The highest BCUT2D eigenvalue weighted by Crippen LogP contribution is 2.36. The van der Waals surface area contributed by atoms with Crippen molar-refractivity contribution in [2.24, 2.45) is 5.92 Å². The second kappa shape index (κ2) is 5.26. The van der Waals surface area contributed by atoms with Crippen LogP contribution in [0.25, 0.3) is 0 Å². The number of nitrogens with one attached hydrogen (secondary N) is 1. The molecule has 5 nitrogen and oxygen atoms in total. The van der Waals surface area contributed by atoms with Crippen LogP contribution in [0.3, 0.4) is 0 Å². The van der Waals surface area contributed by atoms with Crippen LogP contribution >= 0.6 is 0 Å². The molecule has 2 N–H and O–H groups in total. The average molecular weight is 255 g/mol. The van der Waals surface area contributed by atoms with E-state index in [-0.39, 0.29) is 17.9 Å². The van der Waals surface area contributed by atoms with Crippen LogP contribution in [-0.2, 0) is 14.3 Å². The van der Waals surface area contributed by atoms with Gasteiger partial charge in [-0.3, -0.25) is 4.79 Å². The van der Waals surface area contributed by atoms with Crippen molar-refractivity contribution in [1.29, 1.82) is 0 Å². The lowest BCUT2D eigenvalue weighted by molar-refractivity contribution is -0.149. The van der Waals surface area contributed by atoms with Crippen LogP contribution in [0, 0.1) is 5.92 Å². The van der Waals surface area contributed by atoms with E-state index in [0.29, 0.717) is 19.4 Å². The van der Waals surface area contributed by atoms with Crippen molar-refractivity contribution in [1.82, 2.24) is 5.32 Å². The lowest BCUT2D eigenvalue weighted by atomic mass is 9.81. The van der Waals surface area contributed by atoms with Crippen molar-refractivity contribution in [3.63, 3.8) is 0 Å². The molecule has 0 aliphatic heterocycles. The van der Waals surface area contributed by atoms with Gasteiger partial charge >= 0.3 is 5.97 Å². The summed E-state index contributed by atoms with van der Waals surface area (Å²) in [4.78, 5) is 23.4. The lowest BCUT2D eigenvalue weighted by Crippen LogP contribution is -2.56. The lowest BCUT2D eigenvalue weighted by Gasteiger charge is -2.34. The molecule has 2 aliphatic carbocycles. The summed E-state index contributed by atoms with van der Waals surface area (Å²) in [6.45, 7) is 2.49. The average Bonchev–Trinajstić information content (AvgIpc) is 3.10. The second-order valence-electron chi connectivity index (χ2n) is 5.27. The summed E-state index contributed by atoms with van der Waals surface area (Å²) in [5.74, 6) is -1.20. The molecule has 0 heterocycles. The Bertz CT molecular complexity index is 336. The predicted molar refractivity (Wildman–Crippen MR) is 65.1 cm³/mol. The molecule has 2 aliphatic rings. The van der Waals surface area contributed by atoms with Gasteiger partial charge in [-0.1, -0.05) is 19.3 Å². The minimum atomic E-state index is -1.03. The number of amides is 1. The maximum atomic E-state index is 12.0. The smallest absolute Gasteiger partial charge is 0.329 e. The largest absolute Gasteiger partial charge is 0.480 e. The van der Waals surface area contributed by atoms with Crippen LogP contribution in [-0.4, -0.2) is 35.2 Å². The number of carboxylic acids is 1. The van der Waals surface area contributed by atoms with Gasteiger partial charge in [-0.05, 0) is 26.2 Å². The third kappa shape index (κ3) is 2.66. The van der Waals surface area contributed by atoms with Crippen LogP contribution in [0.4, 0.5) is 0 Å². The van der Waals surface area contributed by atoms with Gasteiger partial charge in [0.25, 0.3) is 0 Å². The van der Waals surface area contributed by atoms with E-state index >= 15 is 0 Å². The number of aliphatic carboxylic acids is 1. The first kappa shape index (κ1) is 13.3. The van der Waals surface area contributed by atoms with E-state index in [1.807, 2.05) is 6.92 Å². The van der Waals surface area contributed by atoms with Gasteiger partial charge in [-0.25, -0.2) is 4.79 Å². The number of hydrogen-bond donors (Lipinski definition) is 2. The van der Waals surface area contributed by atoms with Gasteiger partial charge in [-0.15, -0.1) is 0 Å². The molecule has 0 unspecified atom stereocenters. The molecule has 0 aromatic rings. The third-order valence-corrected chi connectivity index (χ3v) is 3.93. The van der Waals surface area contributed by atoms with E-state index in [1.54, 1.807) is 0 Å². The standard InChI is InChI=1S/C13H21NO4/c1-2-18-10-8-9(10)11(15)14-13(12(16)17)6-4-3-5-7-13/h9-10H,2-8H2,1H3,(H,14,15)(H,16,17)/t9-,10+/m0/s1. The topological polar surface area (TPSA) is 75.6 Å². The molecular formula is C13H21NO4. The minimum absolute atomic E-state index is 0.00978. The molecule has 5 heteroatoms. The molecule has 2 saturated carbocycles. The Kier molecular flexibility index (Phi) is 3.90. The molecule has 2 fully saturated rings. The molecule has 1 amide bonds. The number of hydrogen-bond acceptors (Lipinski definition) is 3. The van der Waals surface area contributed by atoms with Crippen molar-refractivity contribution in [2.45, 2.75) is 57.1 Å². The maximum Gasteiger partial charge on any atom is 0.329 e. The zero-order valence-corrected chi connectivity index (χ0v) is 10.8. The Morgan fingerprint density at radius 2 is 2.00 bits per heavy atom. The van der Waals surface area contributed by atoms with Crippen molar-refractivity contribution < 1.29 is 19.4 Å². The third-order valence-electron chi connectivity index (χ3n) is 3.93. The fourth-order valence-corrected chi connectivity index (χ4v) is 2.72. The van der Waals surface area contributed by atoms with E-state index in [1.165, 1.54) is 0 Å². The van der Waals surface area contributed by atoms with E-state index in [4.69, 9.17) is 4.74 Å². The van der Waals surface area contributed by atoms with Gasteiger partial charge in [0.15, 0.2) is 0 Å². The van der Waals surface area contributed by atoms with Crippen LogP contribution in [0.15, 0.2) is 0 Å². The quantitative estimate of drug-likeness (QED) is 0.776. The molecule has 0 spiro atoms. The molecule has 0 radical (unpaired) electrons. The summed E-state index contributed by atoms with van der Waals surface area (Å²) in [5.41, 5.74) is -1.03. The molecule has 0 saturated heterocycles. The molecule has 2 atom stereocenters. The summed E-state index contributed by atoms with van der Waals surface area (Å²) < 4.78 is 5.36. The number of ether oxygens (including phenoxy) is 1. The highest BCUT2D eigenvalue weighted by atomic mass is 16.5. The van der Waals surface area contributed by atoms with E-state index in [2.05, 4.69) is 5.32 Å². The zero-order valence-electron chi connectivity index (χ0n) is 10.8. The van der Waals surface area contributed by atoms with Crippen LogP contribution in [0.5, 0.6) is 0 Å². The van der Waals surface area contributed by atoms with Crippen molar-refractivity contribution in [3.8, 4) is 0 Å². The summed E-state index contributed by atoms with van der Waals surface area (Å²) >= 11 is 0. The zero-order chi connectivity index (χ0) is 13.2. The molecule has 2 rings (SSSR count). The molecule has 18 heavy (non-hydrogen) atoms. The van der Waals surface area contributed by atoms with Gasteiger partial charge in [0, 0.05) is 6.61 Å². The van der Waals surface area contributed by atoms with Crippen molar-refractivity contribution >= 4 is 11.9 Å². The summed E-state index contributed by atoms with van der Waals surface area (Å²) in [7, 11) is 0. The number of rotatable bonds is 5. The SMILES string of the molecule is CCO[C@@H]1C[C@@H]1C(=O)NC1(C(=O)O)CCCCC1. The maximum absolute atomic E-state index is 12.0. The van der Waals surface area contributed by atoms with Crippen LogP contribution in [0.1, 0.15) is 45.4 Å². The molecule has 0 aromatic heterocycles. The van der Waals surface area contributed by atoms with Gasteiger partial charge in [0.05, 0.1) is 12.0 Å². The Hall–Kier alpha value is -1.10. The Balaban J connectivity index is 1.93. The van der Waals surface area contributed by atoms with Gasteiger partial charge < -0.3 is 15.2 Å². The van der Waals surface area contributed by atoms with Gasteiger partial charge in [-0.2, -0.15) is 0 Å². The molecule has 0 bridgehead atoms. The van der Waals surface area contributed by atoms with Crippen LogP contribution in [0.2, 0.25) is 0 Å². The first-order valence-corrected chi connectivity index (χ1v) is 6.76. The van der Waals surface area contributed by atoms with Gasteiger partial charge in [0.2, 0.25) is 5.91 Å². The molecular weight excluding hydrogens is 234 g/mol. The first-order valence-electron chi connectivity index (χ1n) is 6.76. The van der Waals surface area contributed by atoms with E-state index < -0.39 is 11.5 Å². The van der Waals surface area contributed by atoms with Crippen molar-refractivity contribution in [2.75, 3.05) is 6.61 Å². The normalized spacial score (nSPS) is 29.6. The predicted octanol–water partition coefficient (Wildman–Crippen LogP) is 1.32.